The molecule has 2 atom stereocenters. The van der Waals surface area contributed by atoms with Gasteiger partial charge in [-0.1, -0.05) is 22.0 Å². The second-order valence-electron chi connectivity index (χ2n) is 4.57. The molecule has 1 aromatic rings. The zero-order chi connectivity index (χ0) is 12.3. The predicted molar refractivity (Wildman–Crippen MR) is 69.6 cm³/mol. The average Bonchev–Trinajstić information content (AvgIpc) is 2.75. The molecule has 1 aliphatic rings. The molecule has 1 aromatic carbocycles. The SMILES string of the molecule is CC(Cc1ccc(Br)cc1F)NC1CCOC1. The summed E-state index contributed by atoms with van der Waals surface area (Å²) in [6.07, 6.45) is 1.75. The maximum absolute atomic E-state index is 13.6. The monoisotopic (exact) mass is 301 g/mol. The molecule has 0 radical (unpaired) electrons. The first-order valence-electron chi connectivity index (χ1n) is 5.93. The predicted octanol–water partition coefficient (Wildman–Crippen LogP) is 2.90. The van der Waals surface area contributed by atoms with Crippen molar-refractivity contribution in [2.75, 3.05) is 13.2 Å². The van der Waals surface area contributed by atoms with Crippen molar-refractivity contribution in [3.8, 4) is 0 Å². The Morgan fingerprint density at radius 2 is 2.41 bits per heavy atom. The Kier molecular flexibility index (Phi) is 4.54. The summed E-state index contributed by atoms with van der Waals surface area (Å²) in [7, 11) is 0. The van der Waals surface area contributed by atoms with Gasteiger partial charge in [0.25, 0.3) is 0 Å². The Morgan fingerprint density at radius 3 is 3.06 bits per heavy atom. The van der Waals surface area contributed by atoms with Crippen molar-refractivity contribution >= 4 is 15.9 Å². The lowest BCUT2D eigenvalue weighted by atomic mass is 10.1. The van der Waals surface area contributed by atoms with Crippen molar-refractivity contribution in [1.29, 1.82) is 0 Å². The van der Waals surface area contributed by atoms with Gasteiger partial charge in [-0.05, 0) is 37.5 Å². The molecule has 0 aliphatic carbocycles. The van der Waals surface area contributed by atoms with Crippen LogP contribution in [0.5, 0.6) is 0 Å². The minimum atomic E-state index is -0.143. The maximum atomic E-state index is 13.6. The van der Waals surface area contributed by atoms with Crippen LogP contribution < -0.4 is 5.32 Å². The second kappa shape index (κ2) is 5.94. The van der Waals surface area contributed by atoms with Gasteiger partial charge in [0.2, 0.25) is 0 Å². The topological polar surface area (TPSA) is 21.3 Å². The fourth-order valence-electron chi connectivity index (χ4n) is 2.14. The summed E-state index contributed by atoms with van der Waals surface area (Å²) >= 11 is 3.26. The molecule has 1 N–H and O–H groups in total. The molecule has 1 aliphatic heterocycles. The van der Waals surface area contributed by atoms with E-state index < -0.39 is 0 Å². The number of hydrogen-bond donors (Lipinski definition) is 1. The van der Waals surface area contributed by atoms with Gasteiger partial charge in [0.1, 0.15) is 5.82 Å². The lowest BCUT2D eigenvalue weighted by Gasteiger charge is -2.18. The van der Waals surface area contributed by atoms with Gasteiger partial charge in [0.05, 0.1) is 6.61 Å². The number of hydrogen-bond acceptors (Lipinski definition) is 2. The van der Waals surface area contributed by atoms with Gasteiger partial charge >= 0.3 is 0 Å². The molecule has 0 spiro atoms. The first-order chi connectivity index (χ1) is 8.15. The van der Waals surface area contributed by atoms with Crippen LogP contribution in [0.2, 0.25) is 0 Å². The summed E-state index contributed by atoms with van der Waals surface area (Å²) in [5, 5.41) is 3.47. The van der Waals surface area contributed by atoms with Crippen molar-refractivity contribution in [1.82, 2.24) is 5.32 Å². The molecule has 0 bridgehead atoms. The Morgan fingerprint density at radius 1 is 1.59 bits per heavy atom. The minimum Gasteiger partial charge on any atom is -0.380 e. The number of ether oxygens (including phenoxy) is 1. The largest absolute Gasteiger partial charge is 0.380 e. The molecule has 4 heteroatoms. The summed E-state index contributed by atoms with van der Waals surface area (Å²) in [4.78, 5) is 0. The van der Waals surface area contributed by atoms with Gasteiger partial charge in [-0.2, -0.15) is 0 Å². The molecule has 0 saturated carbocycles. The number of halogens is 2. The van der Waals surface area contributed by atoms with Gasteiger partial charge in [0.15, 0.2) is 0 Å². The Balaban J connectivity index is 1.90. The van der Waals surface area contributed by atoms with E-state index in [9.17, 15) is 4.39 Å². The summed E-state index contributed by atoms with van der Waals surface area (Å²) in [5.74, 6) is -0.143. The second-order valence-corrected chi connectivity index (χ2v) is 5.48. The highest BCUT2D eigenvalue weighted by atomic mass is 79.9. The third-order valence-corrected chi connectivity index (χ3v) is 3.48. The van der Waals surface area contributed by atoms with Gasteiger partial charge in [-0.3, -0.25) is 0 Å². The average molecular weight is 302 g/mol. The van der Waals surface area contributed by atoms with E-state index in [0.717, 1.165) is 29.7 Å². The van der Waals surface area contributed by atoms with E-state index in [1.165, 1.54) is 6.07 Å². The van der Waals surface area contributed by atoms with Crippen LogP contribution in [0.3, 0.4) is 0 Å². The van der Waals surface area contributed by atoms with E-state index in [1.54, 1.807) is 0 Å². The minimum absolute atomic E-state index is 0.143. The standard InChI is InChI=1S/C13H17BrFNO/c1-9(16-12-4-5-17-8-12)6-10-2-3-11(14)7-13(10)15/h2-3,7,9,12,16H,4-6,8H2,1H3. The van der Waals surface area contributed by atoms with Gasteiger partial charge in [0, 0.05) is 23.2 Å². The van der Waals surface area contributed by atoms with Crippen molar-refractivity contribution in [3.05, 3.63) is 34.1 Å². The van der Waals surface area contributed by atoms with Crippen LogP contribution in [-0.2, 0) is 11.2 Å². The van der Waals surface area contributed by atoms with Crippen LogP contribution in [0, 0.1) is 5.82 Å². The highest BCUT2D eigenvalue weighted by Gasteiger charge is 2.18. The Hall–Kier alpha value is -0.450. The highest BCUT2D eigenvalue weighted by Crippen LogP contribution is 2.17. The molecule has 0 aromatic heterocycles. The first-order valence-corrected chi connectivity index (χ1v) is 6.72. The summed E-state index contributed by atoms with van der Waals surface area (Å²) in [6, 6.07) is 5.91. The zero-order valence-corrected chi connectivity index (χ0v) is 11.5. The summed E-state index contributed by atoms with van der Waals surface area (Å²) in [6.45, 7) is 3.68. The molecular weight excluding hydrogens is 285 g/mol. The lowest BCUT2D eigenvalue weighted by molar-refractivity contribution is 0.188. The van der Waals surface area contributed by atoms with Crippen LogP contribution in [-0.4, -0.2) is 25.3 Å². The van der Waals surface area contributed by atoms with Crippen molar-refractivity contribution in [2.24, 2.45) is 0 Å². The van der Waals surface area contributed by atoms with Crippen molar-refractivity contribution in [3.63, 3.8) is 0 Å². The third-order valence-electron chi connectivity index (χ3n) is 2.99. The van der Waals surface area contributed by atoms with E-state index in [-0.39, 0.29) is 11.9 Å². The molecule has 2 nitrogen and oxygen atoms in total. The van der Waals surface area contributed by atoms with Crippen molar-refractivity contribution in [2.45, 2.75) is 31.8 Å². The van der Waals surface area contributed by atoms with Gasteiger partial charge in [-0.15, -0.1) is 0 Å². The highest BCUT2D eigenvalue weighted by molar-refractivity contribution is 9.10. The van der Waals surface area contributed by atoms with Crippen LogP contribution in [0.25, 0.3) is 0 Å². The molecule has 17 heavy (non-hydrogen) atoms. The van der Waals surface area contributed by atoms with E-state index >= 15 is 0 Å². The molecule has 0 amide bonds. The summed E-state index contributed by atoms with van der Waals surface area (Å²) < 4.78 is 19.7. The smallest absolute Gasteiger partial charge is 0.127 e. The van der Waals surface area contributed by atoms with Crippen LogP contribution >= 0.6 is 15.9 Å². The van der Waals surface area contributed by atoms with Crippen LogP contribution in [0.4, 0.5) is 4.39 Å². The van der Waals surface area contributed by atoms with Gasteiger partial charge in [-0.25, -0.2) is 4.39 Å². The van der Waals surface area contributed by atoms with E-state index in [2.05, 4.69) is 28.2 Å². The van der Waals surface area contributed by atoms with Crippen molar-refractivity contribution < 1.29 is 9.13 Å². The number of nitrogens with one attached hydrogen (secondary N) is 1. The Labute approximate surface area is 110 Å². The number of rotatable bonds is 4. The van der Waals surface area contributed by atoms with E-state index in [0.29, 0.717) is 12.5 Å². The maximum Gasteiger partial charge on any atom is 0.127 e. The Bertz CT molecular complexity index is 380. The molecular formula is C13H17BrFNO. The van der Waals surface area contributed by atoms with E-state index in [4.69, 9.17) is 4.74 Å². The molecule has 1 saturated heterocycles. The lowest BCUT2D eigenvalue weighted by Crippen LogP contribution is -2.38. The van der Waals surface area contributed by atoms with Crippen LogP contribution in [0.1, 0.15) is 18.9 Å². The molecule has 2 rings (SSSR count). The molecule has 94 valence electrons. The fourth-order valence-corrected chi connectivity index (χ4v) is 2.48. The molecule has 1 heterocycles. The first kappa shape index (κ1) is 13.0. The zero-order valence-electron chi connectivity index (χ0n) is 9.88. The number of benzene rings is 1. The summed E-state index contributed by atoms with van der Waals surface area (Å²) in [5.41, 5.74) is 0.757. The van der Waals surface area contributed by atoms with Crippen LogP contribution in [0.15, 0.2) is 22.7 Å². The third kappa shape index (κ3) is 3.76. The fraction of sp³-hybridized carbons (Fsp3) is 0.538. The quantitative estimate of drug-likeness (QED) is 0.923. The molecule has 2 unspecified atom stereocenters. The normalized spacial score (nSPS) is 21.7. The van der Waals surface area contributed by atoms with Gasteiger partial charge < -0.3 is 10.1 Å². The molecule has 1 fully saturated rings. The van der Waals surface area contributed by atoms with E-state index in [1.807, 2.05) is 12.1 Å².